The number of likely N-dealkylation sites (tertiary alicyclic amines) is 1. The lowest BCUT2D eigenvalue weighted by Crippen LogP contribution is -2.44. The van der Waals surface area contributed by atoms with Crippen molar-refractivity contribution >= 4 is 5.91 Å². The topological polar surface area (TPSA) is 43.8 Å². The third-order valence-electron chi connectivity index (χ3n) is 3.89. The molecular formula is C13H24N2O2. The van der Waals surface area contributed by atoms with Gasteiger partial charge >= 0.3 is 0 Å². The summed E-state index contributed by atoms with van der Waals surface area (Å²) in [7, 11) is 2.01. The Labute approximate surface area is 104 Å². The van der Waals surface area contributed by atoms with Gasteiger partial charge in [0.05, 0.1) is 12.6 Å². The lowest BCUT2D eigenvalue weighted by Gasteiger charge is -2.35. The normalized spacial score (nSPS) is 29.2. The summed E-state index contributed by atoms with van der Waals surface area (Å²) in [6, 6.07) is 0. The van der Waals surface area contributed by atoms with Gasteiger partial charge in [0.1, 0.15) is 0 Å². The average Bonchev–Trinajstić information content (AvgIpc) is 2.28. The van der Waals surface area contributed by atoms with Crippen molar-refractivity contribution in [3.8, 4) is 0 Å². The Morgan fingerprint density at radius 1 is 1.29 bits per heavy atom. The molecule has 2 aliphatic rings. The van der Waals surface area contributed by atoms with Crippen LogP contribution in [-0.4, -0.2) is 60.1 Å². The first-order valence-corrected chi connectivity index (χ1v) is 6.79. The molecule has 0 aromatic rings. The van der Waals surface area contributed by atoms with E-state index in [0.29, 0.717) is 12.5 Å². The molecule has 1 saturated heterocycles. The molecule has 0 bridgehead atoms. The third kappa shape index (κ3) is 3.68. The van der Waals surface area contributed by atoms with Gasteiger partial charge in [0, 0.05) is 19.6 Å². The molecule has 17 heavy (non-hydrogen) atoms. The number of hydrogen-bond acceptors (Lipinski definition) is 3. The quantitative estimate of drug-likeness (QED) is 0.787. The van der Waals surface area contributed by atoms with Crippen LogP contribution < -0.4 is 0 Å². The maximum absolute atomic E-state index is 12.0. The summed E-state index contributed by atoms with van der Waals surface area (Å²) in [6.45, 7) is 3.35. The fourth-order valence-corrected chi connectivity index (χ4v) is 2.83. The second kappa shape index (κ2) is 5.83. The zero-order valence-electron chi connectivity index (χ0n) is 10.8. The van der Waals surface area contributed by atoms with E-state index in [4.69, 9.17) is 0 Å². The molecule has 1 saturated carbocycles. The summed E-state index contributed by atoms with van der Waals surface area (Å²) >= 11 is 0. The van der Waals surface area contributed by atoms with Gasteiger partial charge in [0.15, 0.2) is 0 Å². The van der Waals surface area contributed by atoms with Gasteiger partial charge in [0.25, 0.3) is 0 Å². The van der Waals surface area contributed by atoms with Crippen molar-refractivity contribution in [3.63, 3.8) is 0 Å². The molecule has 4 heteroatoms. The second-order valence-corrected chi connectivity index (χ2v) is 5.63. The van der Waals surface area contributed by atoms with E-state index in [2.05, 4.69) is 4.90 Å². The van der Waals surface area contributed by atoms with Crippen molar-refractivity contribution in [3.05, 3.63) is 0 Å². The minimum absolute atomic E-state index is 0.0915. The van der Waals surface area contributed by atoms with Gasteiger partial charge in [-0.25, -0.2) is 0 Å². The van der Waals surface area contributed by atoms with Crippen molar-refractivity contribution in [1.82, 2.24) is 9.80 Å². The molecule has 98 valence electrons. The lowest BCUT2D eigenvalue weighted by atomic mass is 9.82. The summed E-state index contributed by atoms with van der Waals surface area (Å²) in [5.74, 6) is 0.858. The zero-order valence-corrected chi connectivity index (χ0v) is 10.8. The van der Waals surface area contributed by atoms with Crippen molar-refractivity contribution in [1.29, 1.82) is 0 Å². The Kier molecular flexibility index (Phi) is 4.40. The first-order chi connectivity index (χ1) is 8.15. The minimum atomic E-state index is -0.0915. The maximum Gasteiger partial charge on any atom is 0.236 e. The van der Waals surface area contributed by atoms with Crippen LogP contribution in [0.4, 0.5) is 0 Å². The van der Waals surface area contributed by atoms with Crippen molar-refractivity contribution in [2.24, 2.45) is 5.92 Å². The van der Waals surface area contributed by atoms with Crippen LogP contribution in [0, 0.1) is 5.92 Å². The highest BCUT2D eigenvalue weighted by Crippen LogP contribution is 2.27. The molecule has 0 spiro atoms. The van der Waals surface area contributed by atoms with Crippen LogP contribution in [-0.2, 0) is 4.79 Å². The van der Waals surface area contributed by atoms with E-state index < -0.39 is 0 Å². The van der Waals surface area contributed by atoms with Crippen LogP contribution >= 0.6 is 0 Å². The average molecular weight is 240 g/mol. The highest BCUT2D eigenvalue weighted by atomic mass is 16.3. The molecule has 0 radical (unpaired) electrons. The summed E-state index contributed by atoms with van der Waals surface area (Å²) in [4.78, 5) is 16.1. The Balaban J connectivity index is 1.66. The molecular weight excluding hydrogens is 216 g/mol. The van der Waals surface area contributed by atoms with Crippen LogP contribution in [0.1, 0.15) is 32.1 Å². The summed E-state index contributed by atoms with van der Waals surface area (Å²) in [6.07, 6.45) is 5.30. The third-order valence-corrected chi connectivity index (χ3v) is 3.89. The van der Waals surface area contributed by atoms with Crippen molar-refractivity contribution in [2.45, 2.75) is 38.2 Å². The molecule has 1 heterocycles. The molecule has 1 N–H and O–H groups in total. The molecule has 2 fully saturated rings. The Morgan fingerprint density at radius 3 is 2.53 bits per heavy atom. The van der Waals surface area contributed by atoms with Gasteiger partial charge in [-0.15, -0.1) is 0 Å². The Bertz CT molecular complexity index is 258. The van der Waals surface area contributed by atoms with Gasteiger partial charge in [-0.1, -0.05) is 0 Å². The first-order valence-electron chi connectivity index (χ1n) is 6.79. The molecule has 1 amide bonds. The number of aliphatic hydroxyl groups is 1. The smallest absolute Gasteiger partial charge is 0.236 e. The molecule has 0 unspecified atom stereocenters. The maximum atomic E-state index is 12.0. The Hall–Kier alpha value is -0.610. The number of piperidine rings is 1. The summed E-state index contributed by atoms with van der Waals surface area (Å²) < 4.78 is 0. The van der Waals surface area contributed by atoms with E-state index in [9.17, 15) is 9.90 Å². The van der Waals surface area contributed by atoms with Crippen molar-refractivity contribution in [2.75, 3.05) is 33.2 Å². The minimum Gasteiger partial charge on any atom is -0.393 e. The number of amides is 1. The molecule has 1 aliphatic heterocycles. The first kappa shape index (κ1) is 12.8. The number of rotatable bonds is 4. The molecule has 0 atom stereocenters. The van der Waals surface area contributed by atoms with Crippen LogP contribution in [0.5, 0.6) is 0 Å². The Morgan fingerprint density at radius 2 is 1.94 bits per heavy atom. The fourth-order valence-electron chi connectivity index (χ4n) is 2.83. The highest BCUT2D eigenvalue weighted by molar-refractivity contribution is 5.78. The second-order valence-electron chi connectivity index (χ2n) is 5.63. The van der Waals surface area contributed by atoms with Crippen LogP contribution in [0.2, 0.25) is 0 Å². The molecule has 0 aromatic heterocycles. The molecule has 4 nitrogen and oxygen atoms in total. The number of aliphatic hydroxyl groups excluding tert-OH is 1. The van der Waals surface area contributed by atoms with E-state index in [1.807, 2.05) is 11.9 Å². The van der Waals surface area contributed by atoms with E-state index in [1.54, 1.807) is 0 Å². The number of nitrogens with zero attached hydrogens (tertiary/aromatic N) is 2. The predicted octanol–water partition coefficient (Wildman–Crippen LogP) is 0.702. The standard InChI is InChI=1S/C13H24N2O2/c1-14(9-11-7-12(16)8-11)10-13(17)15-5-3-2-4-6-15/h11-12,16H,2-10H2,1H3. The van der Waals surface area contributed by atoms with Crippen LogP contribution in [0.3, 0.4) is 0 Å². The number of carbonyl (C=O) groups excluding carboxylic acids is 1. The molecule has 1 aliphatic carbocycles. The number of carbonyl (C=O) groups is 1. The van der Waals surface area contributed by atoms with E-state index in [1.165, 1.54) is 6.42 Å². The van der Waals surface area contributed by atoms with Crippen molar-refractivity contribution < 1.29 is 9.90 Å². The van der Waals surface area contributed by atoms with Gasteiger partial charge in [-0.3, -0.25) is 9.69 Å². The van der Waals surface area contributed by atoms with Gasteiger partial charge in [-0.05, 0) is 45.1 Å². The predicted molar refractivity (Wildman–Crippen MR) is 66.7 cm³/mol. The van der Waals surface area contributed by atoms with Crippen LogP contribution in [0.25, 0.3) is 0 Å². The molecule has 2 rings (SSSR count). The van der Waals surface area contributed by atoms with Gasteiger partial charge < -0.3 is 10.0 Å². The van der Waals surface area contributed by atoms with E-state index >= 15 is 0 Å². The van der Waals surface area contributed by atoms with Crippen LogP contribution in [0.15, 0.2) is 0 Å². The lowest BCUT2D eigenvalue weighted by molar-refractivity contribution is -0.133. The largest absolute Gasteiger partial charge is 0.393 e. The summed E-state index contributed by atoms with van der Waals surface area (Å²) in [5.41, 5.74) is 0. The fraction of sp³-hybridized carbons (Fsp3) is 0.923. The van der Waals surface area contributed by atoms with Gasteiger partial charge in [-0.2, -0.15) is 0 Å². The molecule has 0 aromatic carbocycles. The number of hydrogen-bond donors (Lipinski definition) is 1. The van der Waals surface area contributed by atoms with Gasteiger partial charge in [0.2, 0.25) is 5.91 Å². The highest BCUT2D eigenvalue weighted by Gasteiger charge is 2.28. The van der Waals surface area contributed by atoms with E-state index in [0.717, 1.165) is 45.3 Å². The zero-order chi connectivity index (χ0) is 12.3. The van der Waals surface area contributed by atoms with E-state index in [-0.39, 0.29) is 12.0 Å². The SMILES string of the molecule is CN(CC(=O)N1CCCCC1)CC1CC(O)C1. The monoisotopic (exact) mass is 240 g/mol. The number of likely N-dealkylation sites (N-methyl/N-ethyl adjacent to an activating group) is 1. The summed E-state index contributed by atoms with van der Waals surface area (Å²) in [5, 5.41) is 9.22.